The molecule has 0 saturated carbocycles. The van der Waals surface area contributed by atoms with E-state index in [1.165, 1.54) is 12.1 Å². The number of aliphatic hydroxyl groups is 1. The summed E-state index contributed by atoms with van der Waals surface area (Å²) >= 11 is 2.06. The summed E-state index contributed by atoms with van der Waals surface area (Å²) in [6.07, 6.45) is 0. The van der Waals surface area contributed by atoms with Crippen molar-refractivity contribution in [2.24, 2.45) is 0 Å². The van der Waals surface area contributed by atoms with Crippen molar-refractivity contribution in [1.82, 2.24) is 0 Å². The zero-order valence-corrected chi connectivity index (χ0v) is 13.5. The molecule has 2 rings (SSSR count). The first-order valence-electron chi connectivity index (χ1n) is 5.71. The largest absolute Gasteiger partial charge is 0.391 e. The second-order valence-corrected chi connectivity index (χ2v) is 7.01. The van der Waals surface area contributed by atoms with Gasteiger partial charge in [0, 0.05) is 9.26 Å². The Morgan fingerprint density at radius 1 is 1.10 bits per heavy atom. The zero-order valence-electron chi connectivity index (χ0n) is 10.5. The lowest BCUT2D eigenvalue weighted by Gasteiger charge is -2.11. The SMILES string of the molecule is O=S(=O)(Nc1ccc(I)cc1)c1ccc(F)c(CO)c1F. The Balaban J connectivity index is 2.42. The van der Waals surface area contributed by atoms with Crippen LogP contribution in [0.3, 0.4) is 0 Å². The first-order valence-corrected chi connectivity index (χ1v) is 8.27. The summed E-state index contributed by atoms with van der Waals surface area (Å²) < 4.78 is 54.6. The Labute approximate surface area is 134 Å². The normalized spacial score (nSPS) is 11.4. The fraction of sp³-hybridized carbons (Fsp3) is 0.0769. The van der Waals surface area contributed by atoms with Crippen LogP contribution in [0.1, 0.15) is 5.56 Å². The van der Waals surface area contributed by atoms with Crippen molar-refractivity contribution >= 4 is 38.3 Å². The van der Waals surface area contributed by atoms with Crippen LogP contribution in [0.5, 0.6) is 0 Å². The van der Waals surface area contributed by atoms with Crippen LogP contribution in [0.25, 0.3) is 0 Å². The number of sulfonamides is 1. The number of rotatable bonds is 4. The Kier molecular flexibility index (Phi) is 4.79. The number of hydrogen-bond acceptors (Lipinski definition) is 3. The summed E-state index contributed by atoms with van der Waals surface area (Å²) in [5, 5.41) is 8.91. The van der Waals surface area contributed by atoms with Crippen molar-refractivity contribution in [3.63, 3.8) is 0 Å². The topological polar surface area (TPSA) is 66.4 Å². The van der Waals surface area contributed by atoms with E-state index in [0.717, 1.165) is 15.7 Å². The highest BCUT2D eigenvalue weighted by molar-refractivity contribution is 14.1. The summed E-state index contributed by atoms with van der Waals surface area (Å²) in [6, 6.07) is 8.02. The molecule has 2 aromatic rings. The van der Waals surface area contributed by atoms with Gasteiger partial charge in [0.25, 0.3) is 10.0 Å². The second-order valence-electron chi connectivity index (χ2n) is 4.11. The van der Waals surface area contributed by atoms with Gasteiger partial charge in [-0.25, -0.2) is 17.2 Å². The molecule has 0 aliphatic carbocycles. The van der Waals surface area contributed by atoms with Crippen LogP contribution in [0.4, 0.5) is 14.5 Å². The highest BCUT2D eigenvalue weighted by Crippen LogP contribution is 2.23. The van der Waals surface area contributed by atoms with Crippen molar-refractivity contribution in [2.45, 2.75) is 11.5 Å². The van der Waals surface area contributed by atoms with Gasteiger partial charge in [-0.1, -0.05) is 0 Å². The fourth-order valence-electron chi connectivity index (χ4n) is 1.66. The molecule has 0 amide bonds. The van der Waals surface area contributed by atoms with Crippen molar-refractivity contribution in [3.8, 4) is 0 Å². The molecule has 0 heterocycles. The van der Waals surface area contributed by atoms with Gasteiger partial charge in [0.15, 0.2) is 5.82 Å². The molecule has 0 radical (unpaired) electrons. The third-order valence-corrected chi connectivity index (χ3v) is 4.81. The van der Waals surface area contributed by atoms with Gasteiger partial charge in [0.1, 0.15) is 10.7 Å². The van der Waals surface area contributed by atoms with E-state index in [2.05, 4.69) is 27.3 Å². The summed E-state index contributed by atoms with van der Waals surface area (Å²) in [7, 11) is -4.21. The molecule has 0 fully saturated rings. The summed E-state index contributed by atoms with van der Waals surface area (Å²) in [6.45, 7) is -0.926. The predicted octanol–water partition coefficient (Wildman–Crippen LogP) is 2.86. The lowest BCUT2D eigenvalue weighted by Crippen LogP contribution is -2.16. The molecule has 112 valence electrons. The first kappa shape index (κ1) is 16.1. The minimum absolute atomic E-state index is 0.254. The van der Waals surface area contributed by atoms with Crippen molar-refractivity contribution in [1.29, 1.82) is 0 Å². The molecule has 4 nitrogen and oxygen atoms in total. The number of nitrogens with one attached hydrogen (secondary N) is 1. The monoisotopic (exact) mass is 425 g/mol. The van der Waals surface area contributed by atoms with E-state index in [4.69, 9.17) is 5.11 Å². The van der Waals surface area contributed by atoms with Crippen LogP contribution in [-0.4, -0.2) is 13.5 Å². The molecule has 21 heavy (non-hydrogen) atoms. The first-order chi connectivity index (χ1) is 9.85. The maximum Gasteiger partial charge on any atom is 0.264 e. The predicted molar refractivity (Wildman–Crippen MR) is 82.2 cm³/mol. The minimum Gasteiger partial charge on any atom is -0.391 e. The van der Waals surface area contributed by atoms with Crippen LogP contribution in [-0.2, 0) is 16.6 Å². The summed E-state index contributed by atoms with van der Waals surface area (Å²) in [5.41, 5.74) is -0.426. The number of benzene rings is 2. The number of anilines is 1. The Morgan fingerprint density at radius 3 is 2.29 bits per heavy atom. The molecule has 0 spiro atoms. The fourth-order valence-corrected chi connectivity index (χ4v) is 3.18. The maximum atomic E-state index is 14.0. The van der Waals surface area contributed by atoms with Crippen molar-refractivity contribution in [3.05, 3.63) is 57.2 Å². The molecule has 0 aliphatic heterocycles. The van der Waals surface area contributed by atoms with E-state index in [-0.39, 0.29) is 5.69 Å². The summed E-state index contributed by atoms with van der Waals surface area (Å²) in [4.78, 5) is -0.716. The smallest absolute Gasteiger partial charge is 0.264 e. The molecular formula is C13H10F2INO3S. The molecule has 0 bridgehead atoms. The Morgan fingerprint density at radius 2 is 1.71 bits per heavy atom. The molecule has 0 atom stereocenters. The maximum absolute atomic E-state index is 14.0. The zero-order chi connectivity index (χ0) is 15.6. The Hall–Kier alpha value is -1.26. The quantitative estimate of drug-likeness (QED) is 0.741. The number of hydrogen-bond donors (Lipinski definition) is 2. The van der Waals surface area contributed by atoms with Crippen LogP contribution in [0, 0.1) is 15.2 Å². The van der Waals surface area contributed by atoms with E-state index in [1.807, 2.05) is 0 Å². The highest BCUT2D eigenvalue weighted by Gasteiger charge is 2.23. The molecule has 0 unspecified atom stereocenters. The molecule has 0 aliphatic rings. The standard InChI is InChI=1S/C13H10F2INO3S/c14-11-5-6-12(13(15)10(11)7-18)21(19,20)17-9-3-1-8(16)2-4-9/h1-6,17-18H,7H2. The lowest BCUT2D eigenvalue weighted by molar-refractivity contribution is 0.267. The van der Waals surface area contributed by atoms with Gasteiger partial charge < -0.3 is 5.11 Å². The van der Waals surface area contributed by atoms with Crippen molar-refractivity contribution in [2.75, 3.05) is 4.72 Å². The molecule has 0 saturated heterocycles. The van der Waals surface area contributed by atoms with E-state index in [0.29, 0.717) is 0 Å². The third kappa shape index (κ3) is 3.50. The minimum atomic E-state index is -4.21. The molecule has 2 N–H and O–H groups in total. The second kappa shape index (κ2) is 6.24. The third-order valence-electron chi connectivity index (χ3n) is 2.69. The van der Waals surface area contributed by atoms with Gasteiger partial charge in [-0.05, 0) is 59.0 Å². The molecule has 0 aromatic heterocycles. The molecule has 8 heteroatoms. The van der Waals surface area contributed by atoms with Gasteiger partial charge in [-0.2, -0.15) is 0 Å². The Bertz CT molecular complexity index is 764. The lowest BCUT2D eigenvalue weighted by atomic mass is 10.2. The average Bonchev–Trinajstić information content (AvgIpc) is 2.41. The van der Waals surface area contributed by atoms with Gasteiger partial charge >= 0.3 is 0 Å². The van der Waals surface area contributed by atoms with E-state index >= 15 is 0 Å². The van der Waals surface area contributed by atoms with E-state index < -0.39 is 38.7 Å². The van der Waals surface area contributed by atoms with E-state index in [9.17, 15) is 17.2 Å². The van der Waals surface area contributed by atoms with Gasteiger partial charge in [-0.15, -0.1) is 0 Å². The van der Waals surface area contributed by atoms with Crippen LogP contribution in [0.15, 0.2) is 41.3 Å². The van der Waals surface area contributed by atoms with Crippen LogP contribution >= 0.6 is 22.6 Å². The highest BCUT2D eigenvalue weighted by atomic mass is 127. The number of aliphatic hydroxyl groups excluding tert-OH is 1. The van der Waals surface area contributed by atoms with Crippen LogP contribution < -0.4 is 4.72 Å². The molecule has 2 aromatic carbocycles. The van der Waals surface area contributed by atoms with Gasteiger partial charge in [0.05, 0.1) is 12.2 Å². The van der Waals surface area contributed by atoms with Crippen LogP contribution in [0.2, 0.25) is 0 Å². The van der Waals surface area contributed by atoms with Gasteiger partial charge in [-0.3, -0.25) is 4.72 Å². The van der Waals surface area contributed by atoms with Gasteiger partial charge in [0.2, 0.25) is 0 Å². The van der Waals surface area contributed by atoms with Crippen molar-refractivity contribution < 1.29 is 22.3 Å². The number of halogens is 3. The molecular weight excluding hydrogens is 415 g/mol. The summed E-state index contributed by atoms with van der Waals surface area (Å²) in [5.74, 6) is -2.29. The average molecular weight is 425 g/mol. The van der Waals surface area contributed by atoms with E-state index in [1.54, 1.807) is 12.1 Å².